The summed E-state index contributed by atoms with van der Waals surface area (Å²) in [6, 6.07) is 31.2. The summed E-state index contributed by atoms with van der Waals surface area (Å²) in [6.07, 6.45) is -3.42. The average molecular weight is 557 g/mol. The second-order valence-corrected chi connectivity index (χ2v) is 10.5. The first-order valence-corrected chi connectivity index (χ1v) is 13.7. The summed E-state index contributed by atoms with van der Waals surface area (Å²) in [5, 5.41) is 3.21. The molecule has 4 aromatic carbocycles. The van der Waals surface area contributed by atoms with Crippen LogP contribution >= 0.6 is 0 Å². The highest BCUT2D eigenvalue weighted by Gasteiger charge is 2.44. The number of alkyl halides is 3. The minimum Gasteiger partial charge on any atom is -0.349 e. The second-order valence-electron chi connectivity index (χ2n) is 10.5. The smallest absolute Gasteiger partial charge is 0.349 e. The van der Waals surface area contributed by atoms with Gasteiger partial charge in [-0.25, -0.2) is 0 Å². The lowest BCUT2D eigenvalue weighted by Crippen LogP contribution is -2.53. The van der Waals surface area contributed by atoms with Crippen molar-refractivity contribution in [3.8, 4) is 11.1 Å². The summed E-state index contributed by atoms with van der Waals surface area (Å²) in [7, 11) is 0. The second kappa shape index (κ2) is 11.6. The summed E-state index contributed by atoms with van der Waals surface area (Å²) in [4.78, 5) is 29.0. The molecule has 1 fully saturated rings. The Labute approximate surface area is 237 Å². The highest BCUT2D eigenvalue weighted by Crippen LogP contribution is 2.37. The molecule has 1 aliphatic rings. The maximum Gasteiger partial charge on any atom is 0.416 e. The molecule has 210 valence electrons. The van der Waals surface area contributed by atoms with Gasteiger partial charge in [-0.05, 0) is 66.3 Å². The Bertz CT molecular complexity index is 1480. The van der Waals surface area contributed by atoms with Crippen molar-refractivity contribution in [2.24, 2.45) is 0 Å². The van der Waals surface area contributed by atoms with Gasteiger partial charge in [0.1, 0.15) is 0 Å². The fourth-order valence-corrected chi connectivity index (χ4v) is 5.49. The van der Waals surface area contributed by atoms with Crippen LogP contribution in [0.1, 0.15) is 52.9 Å². The molecule has 0 aliphatic carbocycles. The predicted octanol–water partition coefficient (Wildman–Crippen LogP) is 7.42. The third-order valence-corrected chi connectivity index (χ3v) is 7.99. The van der Waals surface area contributed by atoms with Gasteiger partial charge in [0.2, 0.25) is 5.91 Å². The number of likely N-dealkylation sites (tertiary alicyclic amines) is 1. The minimum absolute atomic E-state index is 0.0481. The predicted molar refractivity (Wildman–Crippen MR) is 153 cm³/mol. The third kappa shape index (κ3) is 6.04. The zero-order valence-corrected chi connectivity index (χ0v) is 22.7. The van der Waals surface area contributed by atoms with E-state index in [1.807, 2.05) is 67.6 Å². The molecule has 1 N–H and O–H groups in total. The minimum atomic E-state index is -4.39. The maximum atomic E-state index is 13.8. The molecule has 1 atom stereocenters. The fourth-order valence-electron chi connectivity index (χ4n) is 5.49. The van der Waals surface area contributed by atoms with E-state index >= 15 is 0 Å². The summed E-state index contributed by atoms with van der Waals surface area (Å²) in [5.41, 5.74) is 2.36. The molecule has 2 amide bonds. The van der Waals surface area contributed by atoms with Crippen LogP contribution in [-0.2, 0) is 16.4 Å². The van der Waals surface area contributed by atoms with Gasteiger partial charge < -0.3 is 10.2 Å². The topological polar surface area (TPSA) is 49.4 Å². The number of nitrogens with zero attached hydrogens (tertiary/aromatic N) is 1. The molecule has 41 heavy (non-hydrogen) atoms. The Morgan fingerprint density at radius 2 is 1.27 bits per heavy atom. The first-order valence-electron chi connectivity index (χ1n) is 13.7. The SMILES string of the molecule is C[C@H](NC(=O)C1(c2ccccc2)CCN(C(=O)c2ccc(-c3ccc(C(F)(F)F)cc3)cc2)CC1)c1ccccc1. The summed E-state index contributed by atoms with van der Waals surface area (Å²) in [5.74, 6) is -0.184. The number of nitrogens with one attached hydrogen (secondary N) is 1. The van der Waals surface area contributed by atoms with Gasteiger partial charge in [-0.1, -0.05) is 84.9 Å². The van der Waals surface area contributed by atoms with Crippen LogP contribution in [0, 0.1) is 0 Å². The van der Waals surface area contributed by atoms with Crippen LogP contribution in [0.2, 0.25) is 0 Å². The van der Waals surface area contributed by atoms with E-state index in [2.05, 4.69) is 5.32 Å². The Morgan fingerprint density at radius 1 is 0.756 bits per heavy atom. The molecule has 0 saturated carbocycles. The normalized spacial score (nSPS) is 15.7. The van der Waals surface area contributed by atoms with Crippen molar-refractivity contribution >= 4 is 11.8 Å². The van der Waals surface area contributed by atoms with Gasteiger partial charge in [-0.3, -0.25) is 9.59 Å². The van der Waals surface area contributed by atoms with Crippen LogP contribution in [0.4, 0.5) is 13.2 Å². The van der Waals surface area contributed by atoms with Crippen LogP contribution in [-0.4, -0.2) is 29.8 Å². The first kappa shape index (κ1) is 28.1. The van der Waals surface area contributed by atoms with Crippen LogP contribution in [0.5, 0.6) is 0 Å². The van der Waals surface area contributed by atoms with E-state index in [0.717, 1.165) is 28.8 Å². The van der Waals surface area contributed by atoms with Crippen LogP contribution in [0.3, 0.4) is 0 Å². The van der Waals surface area contributed by atoms with Crippen molar-refractivity contribution in [2.75, 3.05) is 13.1 Å². The van der Waals surface area contributed by atoms with Gasteiger partial charge in [0.05, 0.1) is 17.0 Å². The zero-order chi connectivity index (χ0) is 29.0. The lowest BCUT2D eigenvalue weighted by atomic mass is 9.71. The number of halogens is 3. The summed E-state index contributed by atoms with van der Waals surface area (Å²) in [6.45, 7) is 2.81. The van der Waals surface area contributed by atoms with Crippen molar-refractivity contribution in [3.63, 3.8) is 0 Å². The molecule has 0 bridgehead atoms. The molecule has 7 heteroatoms. The molecule has 0 aromatic heterocycles. The van der Waals surface area contributed by atoms with Crippen molar-refractivity contribution < 1.29 is 22.8 Å². The lowest BCUT2D eigenvalue weighted by Gasteiger charge is -2.41. The van der Waals surface area contributed by atoms with E-state index < -0.39 is 17.2 Å². The number of piperidine rings is 1. The van der Waals surface area contributed by atoms with Gasteiger partial charge in [-0.2, -0.15) is 13.2 Å². The molecule has 1 heterocycles. The van der Waals surface area contributed by atoms with Crippen molar-refractivity contribution in [1.29, 1.82) is 0 Å². The number of carbonyl (C=O) groups excluding carboxylic acids is 2. The lowest BCUT2D eigenvalue weighted by molar-refractivity contribution is -0.137. The Morgan fingerprint density at radius 3 is 1.80 bits per heavy atom. The number of carbonyl (C=O) groups is 2. The van der Waals surface area contributed by atoms with Gasteiger partial charge in [0.25, 0.3) is 5.91 Å². The first-order chi connectivity index (χ1) is 19.7. The van der Waals surface area contributed by atoms with Crippen LogP contribution in [0.25, 0.3) is 11.1 Å². The molecule has 0 radical (unpaired) electrons. The molecule has 4 nitrogen and oxygen atoms in total. The molecular weight excluding hydrogens is 525 g/mol. The van der Waals surface area contributed by atoms with E-state index in [-0.39, 0.29) is 17.9 Å². The average Bonchev–Trinajstić information content (AvgIpc) is 3.01. The Kier molecular flexibility index (Phi) is 7.97. The highest BCUT2D eigenvalue weighted by atomic mass is 19.4. The van der Waals surface area contributed by atoms with E-state index in [4.69, 9.17) is 0 Å². The third-order valence-electron chi connectivity index (χ3n) is 7.99. The number of rotatable bonds is 6. The largest absolute Gasteiger partial charge is 0.416 e. The van der Waals surface area contributed by atoms with Gasteiger partial charge in [-0.15, -0.1) is 0 Å². The molecule has 0 spiro atoms. The van der Waals surface area contributed by atoms with Crippen molar-refractivity contribution in [3.05, 3.63) is 131 Å². The fraction of sp³-hybridized carbons (Fsp3) is 0.235. The number of hydrogen-bond acceptors (Lipinski definition) is 2. The monoisotopic (exact) mass is 556 g/mol. The zero-order valence-electron chi connectivity index (χ0n) is 22.7. The quantitative estimate of drug-likeness (QED) is 0.269. The Balaban J connectivity index is 1.29. The van der Waals surface area contributed by atoms with E-state index in [1.165, 1.54) is 12.1 Å². The van der Waals surface area contributed by atoms with Crippen LogP contribution < -0.4 is 5.32 Å². The molecule has 0 unspecified atom stereocenters. The molecule has 1 aliphatic heterocycles. The van der Waals surface area contributed by atoms with E-state index in [0.29, 0.717) is 37.1 Å². The van der Waals surface area contributed by atoms with E-state index in [1.54, 1.807) is 29.2 Å². The molecule has 4 aromatic rings. The Hall–Kier alpha value is -4.39. The van der Waals surface area contributed by atoms with Gasteiger partial charge >= 0.3 is 6.18 Å². The van der Waals surface area contributed by atoms with Crippen molar-refractivity contribution in [2.45, 2.75) is 37.4 Å². The maximum absolute atomic E-state index is 13.8. The van der Waals surface area contributed by atoms with Gasteiger partial charge in [0.15, 0.2) is 0 Å². The summed E-state index contributed by atoms with van der Waals surface area (Å²) < 4.78 is 38.7. The van der Waals surface area contributed by atoms with Crippen molar-refractivity contribution in [1.82, 2.24) is 10.2 Å². The molecular formula is C34H31F3N2O2. The molecule has 1 saturated heterocycles. The number of hydrogen-bond donors (Lipinski definition) is 1. The number of benzene rings is 4. The summed E-state index contributed by atoms with van der Waals surface area (Å²) >= 11 is 0. The highest BCUT2D eigenvalue weighted by molar-refractivity contribution is 5.95. The van der Waals surface area contributed by atoms with E-state index in [9.17, 15) is 22.8 Å². The van der Waals surface area contributed by atoms with Crippen LogP contribution in [0.15, 0.2) is 109 Å². The number of amides is 2. The standard InChI is InChI=1S/C34H31F3N2O2/c1-24(25-8-4-2-5-9-25)38-32(41)33(29-10-6-3-7-11-29)20-22-39(23-21-33)31(40)28-14-12-26(13-15-28)27-16-18-30(19-17-27)34(35,36)37/h2-19,24H,20-23H2,1H3,(H,38,41)/t24-/m0/s1. The molecule has 5 rings (SSSR count). The van der Waals surface area contributed by atoms with Gasteiger partial charge in [0, 0.05) is 18.7 Å².